The van der Waals surface area contributed by atoms with Crippen molar-refractivity contribution in [2.24, 2.45) is 5.73 Å². The van der Waals surface area contributed by atoms with Gasteiger partial charge in [0.2, 0.25) is 21.8 Å². The number of amides is 2. The molecule has 156 valence electrons. The number of likely N-dealkylation sites (N-methyl/N-ethyl adjacent to an activating group) is 1. The molecule has 0 aliphatic rings. The van der Waals surface area contributed by atoms with E-state index in [2.05, 4.69) is 4.72 Å². The molecular weight excluding hydrogens is 397 g/mol. The maximum Gasteiger partial charge on any atom is 0.244 e. The average molecular weight is 421 g/mol. The van der Waals surface area contributed by atoms with E-state index in [9.17, 15) is 22.4 Å². The smallest absolute Gasteiger partial charge is 0.244 e. The standard InChI is InChI=1S/C20H24FN3O4S/c1-13-7-8-17(11-14(13)2)29(27,28)23-10-9-18(25)24(3)19(20(22)26)15-5-4-6-16(21)12-15/h4-8,11-12,19,23H,9-10H2,1-3H3,(H2,22,26). The van der Waals surface area contributed by atoms with Gasteiger partial charge >= 0.3 is 0 Å². The monoisotopic (exact) mass is 421 g/mol. The molecule has 0 bridgehead atoms. The lowest BCUT2D eigenvalue weighted by Crippen LogP contribution is -2.40. The molecule has 0 aromatic heterocycles. The number of sulfonamides is 1. The maximum absolute atomic E-state index is 13.5. The second-order valence-corrected chi connectivity index (χ2v) is 8.53. The van der Waals surface area contributed by atoms with Gasteiger partial charge in [-0.3, -0.25) is 9.59 Å². The highest BCUT2D eigenvalue weighted by Crippen LogP contribution is 2.21. The van der Waals surface area contributed by atoms with Crippen molar-refractivity contribution in [1.82, 2.24) is 9.62 Å². The molecule has 0 aliphatic heterocycles. The number of benzene rings is 2. The van der Waals surface area contributed by atoms with Gasteiger partial charge in [0.25, 0.3) is 0 Å². The van der Waals surface area contributed by atoms with Crippen molar-refractivity contribution in [3.8, 4) is 0 Å². The summed E-state index contributed by atoms with van der Waals surface area (Å²) in [4.78, 5) is 25.5. The van der Waals surface area contributed by atoms with Gasteiger partial charge in [-0.2, -0.15) is 0 Å². The first-order valence-electron chi connectivity index (χ1n) is 8.90. The summed E-state index contributed by atoms with van der Waals surface area (Å²) in [5.74, 6) is -1.89. The first kappa shape index (κ1) is 22.5. The quantitative estimate of drug-likeness (QED) is 0.677. The number of nitrogens with one attached hydrogen (secondary N) is 1. The van der Waals surface area contributed by atoms with Crippen LogP contribution in [0.2, 0.25) is 0 Å². The molecule has 0 fully saturated rings. The van der Waals surface area contributed by atoms with E-state index >= 15 is 0 Å². The Morgan fingerprint density at radius 3 is 2.41 bits per heavy atom. The van der Waals surface area contributed by atoms with Crippen molar-refractivity contribution >= 4 is 21.8 Å². The number of halogens is 1. The minimum absolute atomic E-state index is 0.108. The third-order valence-corrected chi connectivity index (χ3v) is 6.09. The van der Waals surface area contributed by atoms with Gasteiger partial charge in [0.1, 0.15) is 11.9 Å². The van der Waals surface area contributed by atoms with Crippen molar-refractivity contribution in [1.29, 1.82) is 0 Å². The molecule has 2 aromatic carbocycles. The zero-order valence-electron chi connectivity index (χ0n) is 16.5. The van der Waals surface area contributed by atoms with Crippen LogP contribution in [-0.2, 0) is 19.6 Å². The highest BCUT2D eigenvalue weighted by molar-refractivity contribution is 7.89. The van der Waals surface area contributed by atoms with Crippen LogP contribution in [0.3, 0.4) is 0 Å². The van der Waals surface area contributed by atoms with Crippen LogP contribution in [0, 0.1) is 19.7 Å². The van der Waals surface area contributed by atoms with Crippen molar-refractivity contribution in [2.45, 2.75) is 31.2 Å². The first-order valence-corrected chi connectivity index (χ1v) is 10.4. The summed E-state index contributed by atoms with van der Waals surface area (Å²) >= 11 is 0. The molecule has 7 nitrogen and oxygen atoms in total. The fourth-order valence-corrected chi connectivity index (χ4v) is 3.95. The van der Waals surface area contributed by atoms with E-state index in [1.807, 2.05) is 13.8 Å². The summed E-state index contributed by atoms with van der Waals surface area (Å²) in [7, 11) is -2.42. The Labute approximate surface area is 169 Å². The number of carbonyl (C=O) groups excluding carboxylic acids is 2. The third-order valence-electron chi connectivity index (χ3n) is 4.63. The lowest BCUT2D eigenvalue weighted by Gasteiger charge is -2.26. The van der Waals surface area contributed by atoms with Gasteiger partial charge in [0.15, 0.2) is 0 Å². The highest BCUT2D eigenvalue weighted by atomic mass is 32.2. The fourth-order valence-electron chi connectivity index (χ4n) is 2.83. The fraction of sp³-hybridized carbons (Fsp3) is 0.300. The Kier molecular flexibility index (Phi) is 7.10. The molecule has 3 N–H and O–H groups in total. The number of hydrogen-bond acceptors (Lipinski definition) is 4. The molecule has 0 heterocycles. The Balaban J connectivity index is 2.05. The molecule has 29 heavy (non-hydrogen) atoms. The van der Waals surface area contributed by atoms with E-state index in [-0.39, 0.29) is 23.4 Å². The predicted molar refractivity (Wildman–Crippen MR) is 107 cm³/mol. The molecule has 1 atom stereocenters. The lowest BCUT2D eigenvalue weighted by atomic mass is 10.0. The zero-order chi connectivity index (χ0) is 21.8. The van der Waals surface area contributed by atoms with E-state index < -0.39 is 33.7 Å². The van der Waals surface area contributed by atoms with Crippen LogP contribution in [-0.4, -0.2) is 38.7 Å². The van der Waals surface area contributed by atoms with Crippen LogP contribution in [0.15, 0.2) is 47.4 Å². The number of nitrogens with zero attached hydrogens (tertiary/aromatic N) is 1. The number of nitrogens with two attached hydrogens (primary N) is 1. The molecule has 0 aliphatic carbocycles. The molecule has 2 rings (SSSR count). The molecule has 9 heteroatoms. The first-order chi connectivity index (χ1) is 13.5. The summed E-state index contributed by atoms with van der Waals surface area (Å²) in [5.41, 5.74) is 7.44. The van der Waals surface area contributed by atoms with Gasteiger partial charge in [-0.15, -0.1) is 0 Å². The molecule has 0 radical (unpaired) electrons. The van der Waals surface area contributed by atoms with E-state index in [0.29, 0.717) is 0 Å². The van der Waals surface area contributed by atoms with E-state index in [1.54, 1.807) is 12.1 Å². The molecular formula is C20H24FN3O4S. The normalized spacial score (nSPS) is 12.4. The number of carbonyl (C=O) groups is 2. The zero-order valence-corrected chi connectivity index (χ0v) is 17.3. The largest absolute Gasteiger partial charge is 0.368 e. The second-order valence-electron chi connectivity index (χ2n) is 6.76. The summed E-state index contributed by atoms with van der Waals surface area (Å²) < 4.78 is 40.6. The van der Waals surface area contributed by atoms with E-state index in [4.69, 9.17) is 5.73 Å². The minimum atomic E-state index is -3.78. The van der Waals surface area contributed by atoms with Gasteiger partial charge in [0, 0.05) is 20.0 Å². The number of aryl methyl sites for hydroxylation is 2. The van der Waals surface area contributed by atoms with Gasteiger partial charge in [-0.1, -0.05) is 18.2 Å². The molecule has 1 unspecified atom stereocenters. The van der Waals surface area contributed by atoms with Crippen LogP contribution in [0.4, 0.5) is 4.39 Å². The van der Waals surface area contributed by atoms with Crippen molar-refractivity contribution in [2.75, 3.05) is 13.6 Å². The maximum atomic E-state index is 13.5. The summed E-state index contributed by atoms with van der Waals surface area (Å²) in [6.07, 6.45) is -0.195. The molecule has 0 saturated heterocycles. The van der Waals surface area contributed by atoms with E-state index in [0.717, 1.165) is 22.1 Å². The van der Waals surface area contributed by atoms with E-state index in [1.165, 1.54) is 31.3 Å². The highest BCUT2D eigenvalue weighted by Gasteiger charge is 2.27. The van der Waals surface area contributed by atoms with Gasteiger partial charge in [-0.05, 0) is 54.8 Å². The number of rotatable bonds is 8. The van der Waals surface area contributed by atoms with Gasteiger partial charge < -0.3 is 10.6 Å². The summed E-state index contributed by atoms with van der Waals surface area (Å²) in [6.45, 7) is 3.53. The number of primary amides is 1. The van der Waals surface area contributed by atoms with Crippen LogP contribution in [0.25, 0.3) is 0 Å². The van der Waals surface area contributed by atoms with Crippen LogP contribution in [0.5, 0.6) is 0 Å². The Hall–Kier alpha value is -2.78. The topological polar surface area (TPSA) is 110 Å². The predicted octanol–water partition coefficient (Wildman–Crippen LogP) is 1.80. The third kappa shape index (κ3) is 5.61. The van der Waals surface area contributed by atoms with Crippen molar-refractivity contribution in [3.05, 3.63) is 65.0 Å². The van der Waals surface area contributed by atoms with Crippen LogP contribution >= 0.6 is 0 Å². The molecule has 2 aromatic rings. The SMILES string of the molecule is Cc1ccc(S(=O)(=O)NCCC(=O)N(C)C(C(N)=O)c2cccc(F)c2)cc1C. The average Bonchev–Trinajstić information content (AvgIpc) is 2.63. The summed E-state index contributed by atoms with van der Waals surface area (Å²) in [5, 5.41) is 0. The van der Waals surface area contributed by atoms with Gasteiger partial charge in [-0.25, -0.2) is 17.5 Å². The molecule has 2 amide bonds. The second kappa shape index (κ2) is 9.15. The Morgan fingerprint density at radius 1 is 1.14 bits per heavy atom. The molecule has 0 saturated carbocycles. The summed E-state index contributed by atoms with van der Waals surface area (Å²) in [6, 6.07) is 8.84. The minimum Gasteiger partial charge on any atom is -0.368 e. The van der Waals surface area contributed by atoms with Gasteiger partial charge in [0.05, 0.1) is 4.90 Å². The Morgan fingerprint density at radius 2 is 1.83 bits per heavy atom. The van der Waals surface area contributed by atoms with Crippen molar-refractivity contribution < 1.29 is 22.4 Å². The lowest BCUT2D eigenvalue weighted by molar-refractivity contribution is -0.137. The van der Waals surface area contributed by atoms with Crippen LogP contribution < -0.4 is 10.5 Å². The Bertz CT molecular complexity index is 1020. The van der Waals surface area contributed by atoms with Crippen LogP contribution in [0.1, 0.15) is 29.2 Å². The molecule has 0 spiro atoms. The number of hydrogen-bond donors (Lipinski definition) is 2. The van der Waals surface area contributed by atoms with Crippen molar-refractivity contribution in [3.63, 3.8) is 0 Å².